The molecule has 0 aliphatic carbocycles. The molecule has 3 rings (SSSR count). The molecule has 4 nitrogen and oxygen atoms in total. The highest BCUT2D eigenvalue weighted by molar-refractivity contribution is 5.58. The number of benzene rings is 1. The smallest absolute Gasteiger partial charge is 0.0758 e. The summed E-state index contributed by atoms with van der Waals surface area (Å²) in [6, 6.07) is 6.54. The van der Waals surface area contributed by atoms with Crippen LogP contribution in [-0.2, 0) is 13.1 Å². The highest BCUT2D eigenvalue weighted by Gasteiger charge is 2.21. The van der Waals surface area contributed by atoms with Crippen molar-refractivity contribution in [2.24, 2.45) is 0 Å². The van der Waals surface area contributed by atoms with Crippen LogP contribution in [0.2, 0.25) is 0 Å². The number of nitrogens with two attached hydrogens (primary N) is 1. The van der Waals surface area contributed by atoms with Crippen LogP contribution >= 0.6 is 0 Å². The minimum Gasteiger partial charge on any atom is -0.398 e. The number of fused-ring (bicyclic) bond motifs is 1. The second kappa shape index (κ2) is 4.05. The van der Waals surface area contributed by atoms with Crippen LogP contribution in [0.5, 0.6) is 0 Å². The van der Waals surface area contributed by atoms with Gasteiger partial charge in [-0.25, -0.2) is 0 Å². The van der Waals surface area contributed by atoms with Crippen LogP contribution in [0.4, 0.5) is 11.4 Å². The van der Waals surface area contributed by atoms with E-state index >= 15 is 0 Å². The van der Waals surface area contributed by atoms with Gasteiger partial charge in [0.2, 0.25) is 0 Å². The first kappa shape index (κ1) is 11.1. The molecule has 0 saturated carbocycles. The van der Waals surface area contributed by atoms with E-state index in [0.29, 0.717) is 6.04 Å². The Hall–Kier alpha value is -1.97. The number of rotatable bonds is 2. The van der Waals surface area contributed by atoms with Gasteiger partial charge in [0.15, 0.2) is 0 Å². The minimum absolute atomic E-state index is 0.397. The van der Waals surface area contributed by atoms with Crippen molar-refractivity contribution in [3.05, 3.63) is 41.7 Å². The Kier molecular flexibility index (Phi) is 2.51. The van der Waals surface area contributed by atoms with E-state index in [9.17, 15) is 0 Å². The van der Waals surface area contributed by atoms with Gasteiger partial charge in [-0.1, -0.05) is 12.1 Å². The van der Waals surface area contributed by atoms with Gasteiger partial charge in [0.25, 0.3) is 0 Å². The zero-order valence-electron chi connectivity index (χ0n) is 10.8. The molecule has 1 aliphatic rings. The molecular weight excluding hydrogens is 224 g/mol. The predicted molar refractivity (Wildman–Crippen MR) is 73.4 cm³/mol. The van der Waals surface area contributed by atoms with Gasteiger partial charge in [0.05, 0.1) is 11.9 Å². The highest BCUT2D eigenvalue weighted by atomic mass is 15.3. The van der Waals surface area contributed by atoms with Gasteiger partial charge in [-0.05, 0) is 31.0 Å². The Morgan fingerprint density at radius 2 is 2.11 bits per heavy atom. The number of nitrogen functional groups attached to an aromatic ring is 1. The van der Waals surface area contributed by atoms with E-state index in [2.05, 4.69) is 36.1 Å². The summed E-state index contributed by atoms with van der Waals surface area (Å²) in [4.78, 5) is 2.31. The van der Waals surface area contributed by atoms with E-state index in [1.807, 2.05) is 23.0 Å². The molecule has 0 fully saturated rings. The first-order chi connectivity index (χ1) is 8.65. The Balaban J connectivity index is 1.87. The fraction of sp³-hybridized carbons (Fsp3) is 0.357. The second-order valence-electron chi connectivity index (χ2n) is 5.11. The molecule has 2 N–H and O–H groups in total. The predicted octanol–water partition coefficient (Wildman–Crippen LogP) is 2.57. The molecule has 1 aliphatic heterocycles. The normalized spacial score (nSPS) is 14.3. The fourth-order valence-electron chi connectivity index (χ4n) is 2.40. The summed E-state index contributed by atoms with van der Waals surface area (Å²) in [6.45, 7) is 6.07. The Morgan fingerprint density at radius 1 is 1.28 bits per heavy atom. The van der Waals surface area contributed by atoms with Crippen LogP contribution in [-0.4, -0.2) is 9.78 Å². The van der Waals surface area contributed by atoms with Crippen molar-refractivity contribution < 1.29 is 0 Å². The van der Waals surface area contributed by atoms with Gasteiger partial charge >= 0.3 is 0 Å². The molecule has 18 heavy (non-hydrogen) atoms. The molecule has 2 heterocycles. The van der Waals surface area contributed by atoms with Crippen LogP contribution in [0.1, 0.15) is 31.0 Å². The van der Waals surface area contributed by atoms with Crippen molar-refractivity contribution in [1.82, 2.24) is 9.78 Å². The van der Waals surface area contributed by atoms with Gasteiger partial charge in [-0.3, -0.25) is 4.68 Å². The third-order valence-corrected chi connectivity index (χ3v) is 3.50. The maximum atomic E-state index is 6.02. The van der Waals surface area contributed by atoms with Crippen molar-refractivity contribution in [3.8, 4) is 0 Å². The van der Waals surface area contributed by atoms with Gasteiger partial charge in [-0.15, -0.1) is 0 Å². The first-order valence-electron chi connectivity index (χ1n) is 6.30. The Labute approximate surface area is 107 Å². The molecule has 0 amide bonds. The molecule has 0 unspecified atom stereocenters. The van der Waals surface area contributed by atoms with Gasteiger partial charge < -0.3 is 10.6 Å². The molecule has 0 bridgehead atoms. The minimum atomic E-state index is 0.397. The summed E-state index contributed by atoms with van der Waals surface area (Å²) >= 11 is 0. The molecule has 0 radical (unpaired) electrons. The third-order valence-electron chi connectivity index (χ3n) is 3.50. The van der Waals surface area contributed by atoms with Crippen LogP contribution in [0.3, 0.4) is 0 Å². The Bertz CT molecular complexity index is 571. The van der Waals surface area contributed by atoms with Crippen molar-refractivity contribution in [2.75, 3.05) is 10.6 Å². The van der Waals surface area contributed by atoms with Crippen LogP contribution < -0.4 is 10.6 Å². The summed E-state index contributed by atoms with van der Waals surface area (Å²) < 4.78 is 1.99. The SMILES string of the molecule is CC(C)n1cc(N2Cc3cccc(N)c3C2)cn1. The number of hydrogen-bond donors (Lipinski definition) is 1. The molecule has 94 valence electrons. The molecule has 0 spiro atoms. The van der Waals surface area contributed by atoms with E-state index in [-0.39, 0.29) is 0 Å². The molecule has 0 saturated heterocycles. The van der Waals surface area contributed by atoms with Crippen LogP contribution in [0, 0.1) is 0 Å². The fourth-order valence-corrected chi connectivity index (χ4v) is 2.40. The zero-order chi connectivity index (χ0) is 12.7. The largest absolute Gasteiger partial charge is 0.398 e. The van der Waals surface area contributed by atoms with E-state index < -0.39 is 0 Å². The van der Waals surface area contributed by atoms with Crippen LogP contribution in [0.25, 0.3) is 0 Å². The monoisotopic (exact) mass is 242 g/mol. The quantitative estimate of drug-likeness (QED) is 0.823. The molecular formula is C14H18N4. The summed E-state index contributed by atoms with van der Waals surface area (Å²) in [5.41, 5.74) is 10.7. The van der Waals surface area contributed by atoms with E-state index in [1.165, 1.54) is 16.8 Å². The summed E-state index contributed by atoms with van der Waals surface area (Å²) in [5, 5.41) is 4.39. The van der Waals surface area contributed by atoms with Crippen molar-refractivity contribution in [2.45, 2.75) is 33.0 Å². The number of hydrogen-bond acceptors (Lipinski definition) is 3. The maximum Gasteiger partial charge on any atom is 0.0758 e. The third kappa shape index (κ3) is 1.74. The zero-order valence-corrected chi connectivity index (χ0v) is 10.8. The molecule has 2 aromatic rings. The van der Waals surface area contributed by atoms with Gasteiger partial charge in [0.1, 0.15) is 0 Å². The van der Waals surface area contributed by atoms with Crippen molar-refractivity contribution >= 4 is 11.4 Å². The maximum absolute atomic E-state index is 6.02. The average Bonchev–Trinajstić information content (AvgIpc) is 2.95. The molecule has 4 heteroatoms. The molecule has 1 aromatic heterocycles. The summed E-state index contributed by atoms with van der Waals surface area (Å²) in [7, 11) is 0. The van der Waals surface area contributed by atoms with Crippen molar-refractivity contribution in [1.29, 1.82) is 0 Å². The van der Waals surface area contributed by atoms with Crippen LogP contribution in [0.15, 0.2) is 30.6 Å². The average molecular weight is 242 g/mol. The van der Waals surface area contributed by atoms with E-state index in [1.54, 1.807) is 0 Å². The highest BCUT2D eigenvalue weighted by Crippen LogP contribution is 2.31. The number of aromatic nitrogens is 2. The van der Waals surface area contributed by atoms with E-state index in [4.69, 9.17) is 5.73 Å². The number of anilines is 2. The lowest BCUT2D eigenvalue weighted by Crippen LogP contribution is -2.14. The lowest BCUT2D eigenvalue weighted by atomic mass is 10.1. The van der Waals surface area contributed by atoms with Crippen molar-refractivity contribution in [3.63, 3.8) is 0 Å². The standard InChI is InChI=1S/C14H18N4/c1-10(2)18-8-12(6-16-18)17-7-11-4-3-5-14(15)13(11)9-17/h3-6,8,10H,7,9,15H2,1-2H3. The first-order valence-corrected chi connectivity index (χ1v) is 6.30. The second-order valence-corrected chi connectivity index (χ2v) is 5.11. The number of nitrogens with zero attached hydrogens (tertiary/aromatic N) is 3. The summed E-state index contributed by atoms with van der Waals surface area (Å²) in [6.07, 6.45) is 4.04. The van der Waals surface area contributed by atoms with E-state index in [0.717, 1.165) is 18.8 Å². The molecule has 1 aromatic carbocycles. The lowest BCUT2D eigenvalue weighted by molar-refractivity contribution is 0.532. The Morgan fingerprint density at radius 3 is 2.78 bits per heavy atom. The molecule has 0 atom stereocenters. The van der Waals surface area contributed by atoms with Gasteiger partial charge in [0, 0.05) is 31.0 Å². The summed E-state index contributed by atoms with van der Waals surface area (Å²) in [5.74, 6) is 0. The van der Waals surface area contributed by atoms with Gasteiger partial charge in [-0.2, -0.15) is 5.10 Å². The lowest BCUT2D eigenvalue weighted by Gasteiger charge is -2.14. The topological polar surface area (TPSA) is 47.1 Å².